The van der Waals surface area contributed by atoms with Crippen molar-refractivity contribution in [3.63, 3.8) is 0 Å². The third-order valence-electron chi connectivity index (χ3n) is 9.53. The third kappa shape index (κ3) is 5.07. The van der Waals surface area contributed by atoms with E-state index in [2.05, 4.69) is 101 Å². The molecule has 45 heavy (non-hydrogen) atoms. The number of likely N-dealkylation sites (N-methyl/N-ethyl adjacent to an activating group) is 1. The second-order valence-corrected chi connectivity index (χ2v) is 12.0. The van der Waals surface area contributed by atoms with Crippen molar-refractivity contribution in [2.75, 3.05) is 37.7 Å². The number of carbonyl (C=O) groups excluding carboxylic acids is 1. The van der Waals surface area contributed by atoms with Crippen LogP contribution in [0, 0.1) is 0 Å². The van der Waals surface area contributed by atoms with E-state index in [1.165, 1.54) is 0 Å². The van der Waals surface area contributed by atoms with Crippen molar-refractivity contribution >= 4 is 49.9 Å². The minimum absolute atomic E-state index is 0.0746. The molecule has 7 nitrogen and oxygen atoms in total. The number of amides is 1. The zero-order valence-corrected chi connectivity index (χ0v) is 26.2. The largest absolute Gasteiger partial charge is 0.397 e. The lowest BCUT2D eigenvalue weighted by Gasteiger charge is -2.34. The summed E-state index contributed by atoms with van der Waals surface area (Å²) in [7, 11) is 1.89. The van der Waals surface area contributed by atoms with E-state index in [1.807, 2.05) is 31.3 Å². The molecule has 0 radical (unpaired) electrons. The van der Waals surface area contributed by atoms with E-state index >= 15 is 0 Å². The summed E-state index contributed by atoms with van der Waals surface area (Å²) in [6, 6.07) is 31.2. The number of hydrogen-bond donors (Lipinski definition) is 3. The Hall–Kier alpha value is -4.88. The fraction of sp³-hybridized carbons (Fsp3) is 0.263. The molecule has 228 valence electrons. The zero-order valence-electron chi connectivity index (χ0n) is 26.2. The van der Waals surface area contributed by atoms with Crippen molar-refractivity contribution in [1.29, 1.82) is 0 Å². The first-order valence-corrected chi connectivity index (χ1v) is 16.0. The summed E-state index contributed by atoms with van der Waals surface area (Å²) in [4.78, 5) is 27.3. The predicted molar refractivity (Wildman–Crippen MR) is 186 cm³/mol. The molecule has 2 heterocycles. The van der Waals surface area contributed by atoms with Gasteiger partial charge in [0.25, 0.3) is 0 Å². The number of benzene rings is 5. The highest BCUT2D eigenvalue weighted by Gasteiger charge is 2.38. The topological polar surface area (TPSA) is 90.3 Å². The van der Waals surface area contributed by atoms with Crippen molar-refractivity contribution in [2.24, 2.45) is 0 Å². The highest BCUT2D eigenvalue weighted by atomic mass is 16.2. The smallest absolute Gasteiger partial charge is 0.245 e. The van der Waals surface area contributed by atoms with Gasteiger partial charge in [0.05, 0.1) is 28.5 Å². The molecule has 1 aliphatic heterocycles. The predicted octanol–water partition coefficient (Wildman–Crippen LogP) is 7.91. The summed E-state index contributed by atoms with van der Waals surface area (Å²) in [5, 5.41) is 7.55. The monoisotopic (exact) mass is 596 g/mol. The van der Waals surface area contributed by atoms with E-state index in [0.717, 1.165) is 98.9 Å². The van der Waals surface area contributed by atoms with Crippen molar-refractivity contribution < 1.29 is 4.79 Å². The van der Waals surface area contributed by atoms with Gasteiger partial charge >= 0.3 is 0 Å². The number of nitrogen functional groups attached to an aromatic ring is 1. The van der Waals surface area contributed by atoms with Gasteiger partial charge in [0, 0.05) is 24.4 Å². The van der Waals surface area contributed by atoms with Gasteiger partial charge in [-0.15, -0.1) is 0 Å². The van der Waals surface area contributed by atoms with Crippen molar-refractivity contribution in [3.05, 3.63) is 102 Å². The molecular formula is C38H40N6O. The molecule has 0 unspecified atom stereocenters. The van der Waals surface area contributed by atoms with Crippen LogP contribution < -0.4 is 11.1 Å². The average Bonchev–Trinajstić information content (AvgIpc) is 3.75. The van der Waals surface area contributed by atoms with Crippen LogP contribution in [0.2, 0.25) is 0 Å². The number of aromatic nitrogens is 2. The molecule has 5 aromatic carbocycles. The first-order valence-electron chi connectivity index (χ1n) is 16.0. The van der Waals surface area contributed by atoms with Crippen LogP contribution in [-0.4, -0.2) is 52.4 Å². The van der Waals surface area contributed by atoms with E-state index in [0.29, 0.717) is 0 Å². The summed E-state index contributed by atoms with van der Waals surface area (Å²) < 4.78 is 0. The Labute approximate surface area is 264 Å². The van der Waals surface area contributed by atoms with Gasteiger partial charge < -0.3 is 20.9 Å². The summed E-state index contributed by atoms with van der Waals surface area (Å²) >= 11 is 0. The van der Waals surface area contributed by atoms with Crippen molar-refractivity contribution in [3.8, 4) is 11.1 Å². The van der Waals surface area contributed by atoms with Crippen LogP contribution in [0.5, 0.6) is 0 Å². The van der Waals surface area contributed by atoms with E-state index in [1.54, 1.807) is 0 Å². The SMILES string of the molecule is CCN(CC)[C@@H](C(=O)N1CCC[C@H]1c1nc2c(ccc3cc(-c4ccc5c(N)c(NC)ccc5c4)ccc32)[nH]1)c1ccccc1. The number of nitrogens with two attached hydrogens (primary N) is 1. The summed E-state index contributed by atoms with van der Waals surface area (Å²) in [6.45, 7) is 6.61. The van der Waals surface area contributed by atoms with Crippen LogP contribution in [0.3, 0.4) is 0 Å². The van der Waals surface area contributed by atoms with Gasteiger partial charge in [0.1, 0.15) is 11.9 Å². The molecule has 7 rings (SSSR count). The van der Waals surface area contributed by atoms with Crippen LogP contribution in [-0.2, 0) is 4.79 Å². The number of likely N-dealkylation sites (tertiary alicyclic amines) is 1. The van der Waals surface area contributed by atoms with Crippen LogP contribution in [0.4, 0.5) is 11.4 Å². The van der Waals surface area contributed by atoms with E-state index < -0.39 is 0 Å². The van der Waals surface area contributed by atoms with E-state index in [9.17, 15) is 4.79 Å². The van der Waals surface area contributed by atoms with Crippen molar-refractivity contribution in [2.45, 2.75) is 38.8 Å². The Balaban J connectivity index is 1.21. The van der Waals surface area contributed by atoms with Gasteiger partial charge in [0.15, 0.2) is 0 Å². The molecule has 4 N–H and O–H groups in total. The standard InChI is InChI=1S/C38H40N6O/c1-4-43(5-2)36(24-10-7-6-8-11-24)38(45)44-21-9-12-33(44)37-41-32-20-16-28-23-26(14-18-30(28)35(32)42-37)25-13-17-29-27(22-25)15-19-31(40-3)34(29)39/h6-8,10-11,13-20,22-23,33,36,40H,4-5,9,12,21,39H2,1-3H3,(H,41,42)/t33-,36+/m0/s1. The lowest BCUT2D eigenvalue weighted by atomic mass is 9.97. The van der Waals surface area contributed by atoms with Gasteiger partial charge in [0.2, 0.25) is 5.91 Å². The molecule has 1 amide bonds. The molecule has 1 saturated heterocycles. The summed E-state index contributed by atoms with van der Waals surface area (Å²) in [5.41, 5.74) is 13.4. The van der Waals surface area contributed by atoms with Gasteiger partial charge in [-0.3, -0.25) is 9.69 Å². The summed E-state index contributed by atoms with van der Waals surface area (Å²) in [6.07, 6.45) is 1.86. The van der Waals surface area contributed by atoms with Gasteiger partial charge in [-0.25, -0.2) is 4.98 Å². The first kappa shape index (κ1) is 28.9. The van der Waals surface area contributed by atoms with Gasteiger partial charge in [-0.2, -0.15) is 0 Å². The minimum Gasteiger partial charge on any atom is -0.397 e. The lowest BCUT2D eigenvalue weighted by molar-refractivity contribution is -0.138. The Morgan fingerprint density at radius 3 is 2.36 bits per heavy atom. The highest BCUT2D eigenvalue weighted by molar-refractivity contribution is 6.06. The lowest BCUT2D eigenvalue weighted by Crippen LogP contribution is -2.43. The molecule has 2 atom stereocenters. The van der Waals surface area contributed by atoms with Gasteiger partial charge in [-0.05, 0) is 77.7 Å². The minimum atomic E-state index is -0.303. The molecule has 6 aromatic rings. The number of imidazole rings is 1. The Morgan fingerprint density at radius 2 is 1.64 bits per heavy atom. The summed E-state index contributed by atoms with van der Waals surface area (Å²) in [5.74, 6) is 1.02. The number of fused-ring (bicyclic) bond motifs is 4. The fourth-order valence-electron chi connectivity index (χ4n) is 7.12. The maximum Gasteiger partial charge on any atom is 0.245 e. The Morgan fingerprint density at radius 1 is 0.956 bits per heavy atom. The van der Waals surface area contributed by atoms with E-state index in [-0.39, 0.29) is 18.0 Å². The second kappa shape index (κ2) is 11.9. The zero-order chi connectivity index (χ0) is 31.1. The fourth-order valence-corrected chi connectivity index (χ4v) is 7.12. The third-order valence-corrected chi connectivity index (χ3v) is 9.53. The number of carbonyl (C=O) groups is 1. The number of hydrogen-bond acceptors (Lipinski definition) is 5. The number of aromatic amines is 1. The second-order valence-electron chi connectivity index (χ2n) is 12.0. The van der Waals surface area contributed by atoms with Crippen LogP contribution >= 0.6 is 0 Å². The maximum atomic E-state index is 14.3. The molecule has 0 spiro atoms. The highest BCUT2D eigenvalue weighted by Crippen LogP contribution is 2.38. The molecule has 0 saturated carbocycles. The number of nitrogens with one attached hydrogen (secondary N) is 2. The van der Waals surface area contributed by atoms with Crippen LogP contribution in [0.25, 0.3) is 43.7 Å². The number of nitrogens with zero attached hydrogens (tertiary/aromatic N) is 3. The molecular weight excluding hydrogens is 556 g/mol. The van der Waals surface area contributed by atoms with Crippen molar-refractivity contribution in [1.82, 2.24) is 19.8 Å². The normalized spacial score (nSPS) is 15.8. The van der Waals surface area contributed by atoms with Gasteiger partial charge in [-0.1, -0.05) is 80.6 Å². The number of rotatable bonds is 8. The Bertz CT molecular complexity index is 2010. The maximum absolute atomic E-state index is 14.3. The van der Waals surface area contributed by atoms with E-state index in [4.69, 9.17) is 10.7 Å². The molecule has 7 heteroatoms. The molecule has 1 aliphatic rings. The molecule has 0 bridgehead atoms. The molecule has 1 fully saturated rings. The number of anilines is 2. The van der Waals surface area contributed by atoms with Crippen LogP contribution in [0.1, 0.15) is 50.2 Å². The van der Waals surface area contributed by atoms with Crippen LogP contribution in [0.15, 0.2) is 91.0 Å². The first-order chi connectivity index (χ1) is 22.0. The molecule has 0 aliphatic carbocycles. The number of H-pyrrole nitrogens is 1. The average molecular weight is 597 g/mol. The Kier molecular flexibility index (Phi) is 7.63. The quantitative estimate of drug-likeness (QED) is 0.155. The molecule has 1 aromatic heterocycles.